The molecule has 1 aliphatic heterocycles. The predicted molar refractivity (Wildman–Crippen MR) is 151 cm³/mol. The average molecular weight is 584 g/mol. The molecule has 0 aromatic heterocycles. The molecule has 2 amide bonds. The van der Waals surface area contributed by atoms with E-state index in [1.54, 1.807) is 39.2 Å². The van der Waals surface area contributed by atoms with Crippen molar-refractivity contribution in [3.05, 3.63) is 39.7 Å². The van der Waals surface area contributed by atoms with Gasteiger partial charge in [0.1, 0.15) is 22.8 Å². The van der Waals surface area contributed by atoms with Gasteiger partial charge < -0.3 is 41.7 Å². The summed E-state index contributed by atoms with van der Waals surface area (Å²) in [6.07, 6.45) is 1.76. The Morgan fingerprint density at radius 3 is 2.43 bits per heavy atom. The van der Waals surface area contributed by atoms with Crippen molar-refractivity contribution in [2.24, 2.45) is 17.6 Å². The molecule has 13 heteroatoms. The van der Waals surface area contributed by atoms with E-state index >= 15 is 0 Å². The molecule has 0 bridgehead atoms. The highest BCUT2D eigenvalue weighted by Gasteiger charge is 2.64. The van der Waals surface area contributed by atoms with Gasteiger partial charge in [0.15, 0.2) is 11.4 Å². The number of aromatic hydroxyl groups is 1. The summed E-state index contributed by atoms with van der Waals surface area (Å²) in [5.41, 5.74) is 3.09. The van der Waals surface area contributed by atoms with Gasteiger partial charge >= 0.3 is 0 Å². The smallest absolute Gasteiger partial charge is 0.255 e. The van der Waals surface area contributed by atoms with Gasteiger partial charge in [-0.05, 0) is 63.9 Å². The molecule has 2 unspecified atom stereocenters. The van der Waals surface area contributed by atoms with Gasteiger partial charge in [-0.15, -0.1) is 0 Å². The fraction of sp³-hybridized carbons (Fsp3) is 0.517. The number of primary amides is 1. The van der Waals surface area contributed by atoms with Crippen LogP contribution in [-0.4, -0.2) is 101 Å². The van der Waals surface area contributed by atoms with E-state index in [-0.39, 0.29) is 48.2 Å². The number of Topliss-reactive ketones (excluding diaryl/α,β-unsaturated/α-hetero) is 2. The number of fused-ring (bicyclic) bond motifs is 3. The summed E-state index contributed by atoms with van der Waals surface area (Å²) < 4.78 is 0. The number of ketones is 2. The molecule has 0 spiro atoms. The Balaban J connectivity index is 1.63. The summed E-state index contributed by atoms with van der Waals surface area (Å²) >= 11 is 0. The van der Waals surface area contributed by atoms with Gasteiger partial charge in [0.05, 0.1) is 17.6 Å². The van der Waals surface area contributed by atoms with Crippen LogP contribution in [0.25, 0.3) is 5.76 Å². The Bertz CT molecular complexity index is 1460. The Morgan fingerprint density at radius 1 is 1.17 bits per heavy atom. The van der Waals surface area contributed by atoms with Crippen molar-refractivity contribution in [3.8, 4) is 5.75 Å². The van der Waals surface area contributed by atoms with E-state index in [0.717, 1.165) is 13.0 Å². The second kappa shape index (κ2) is 10.4. The first-order chi connectivity index (χ1) is 19.7. The summed E-state index contributed by atoms with van der Waals surface area (Å²) in [6.45, 7) is 0.701. The number of rotatable bonds is 6. The van der Waals surface area contributed by atoms with Gasteiger partial charge in [-0.1, -0.05) is 0 Å². The maximum Gasteiger partial charge on any atom is 0.255 e. The fourth-order valence-corrected chi connectivity index (χ4v) is 7.09. The van der Waals surface area contributed by atoms with E-state index in [1.807, 2.05) is 0 Å². The maximum atomic E-state index is 14.1. The zero-order chi connectivity index (χ0) is 30.8. The third-order valence-corrected chi connectivity index (χ3v) is 9.09. The highest BCUT2D eigenvalue weighted by Crippen LogP contribution is 2.54. The van der Waals surface area contributed by atoms with E-state index in [9.17, 15) is 39.6 Å². The molecule has 1 heterocycles. The third-order valence-electron chi connectivity index (χ3n) is 9.09. The van der Waals surface area contributed by atoms with Crippen LogP contribution in [0.1, 0.15) is 36.0 Å². The zero-order valence-corrected chi connectivity index (χ0v) is 24.0. The van der Waals surface area contributed by atoms with Crippen molar-refractivity contribution in [2.75, 3.05) is 39.6 Å². The number of nitrogens with one attached hydrogen (secondary N) is 2. The summed E-state index contributed by atoms with van der Waals surface area (Å²) in [6, 6.07) is 0.239. The molecule has 1 saturated heterocycles. The number of likely N-dealkylation sites (N-methyl/N-ethyl adjacent to an activating group) is 1. The Kier molecular flexibility index (Phi) is 7.32. The Labute approximate surface area is 242 Å². The fourth-order valence-electron chi connectivity index (χ4n) is 7.09. The molecule has 1 aromatic carbocycles. The van der Waals surface area contributed by atoms with E-state index in [0.29, 0.717) is 23.2 Å². The standard InChI is InChI=1S/C29H37N5O8/c1-33(2)17-10-13(11-32-28(41)16-6-5-7-31-16)22(35)19-14(17)8-12-9-15-21(34(3)4)24(37)20(27(30)40)26(39)29(15,42)25(38)18(12)23(19)36/h10,12,15-16,21,31,35-36,39,42H,5-9,11H2,1-4H3,(H2,30,40)(H,32,41)/t12-,15-,16?,21?,29-/m0/s1. The first kappa shape index (κ1) is 29.5. The van der Waals surface area contributed by atoms with Crippen LogP contribution in [0.4, 0.5) is 5.69 Å². The molecule has 2 fully saturated rings. The topological polar surface area (TPSA) is 206 Å². The van der Waals surface area contributed by atoms with Crippen LogP contribution in [0.3, 0.4) is 0 Å². The molecule has 5 rings (SSSR count). The van der Waals surface area contributed by atoms with E-state index in [4.69, 9.17) is 5.73 Å². The lowest BCUT2D eigenvalue weighted by molar-refractivity contribution is -0.153. The van der Waals surface area contributed by atoms with Gasteiger partial charge in [0.25, 0.3) is 5.91 Å². The van der Waals surface area contributed by atoms with Crippen molar-refractivity contribution >= 4 is 34.8 Å². The molecule has 42 heavy (non-hydrogen) atoms. The number of phenolic OH excluding ortho intramolecular Hbond substituents is 1. The quantitative estimate of drug-likeness (QED) is 0.211. The summed E-state index contributed by atoms with van der Waals surface area (Å²) in [5, 5.41) is 51.7. The second-order valence-electron chi connectivity index (χ2n) is 12.0. The highest BCUT2D eigenvalue weighted by molar-refractivity contribution is 6.24. The number of carbonyl (C=O) groups excluding carboxylic acids is 4. The van der Waals surface area contributed by atoms with Crippen molar-refractivity contribution in [1.29, 1.82) is 0 Å². The molecule has 1 saturated carbocycles. The average Bonchev–Trinajstić information content (AvgIpc) is 3.45. The molecular weight excluding hydrogens is 546 g/mol. The molecule has 4 aliphatic rings. The number of anilines is 1. The lowest BCUT2D eigenvalue weighted by Gasteiger charge is -2.50. The van der Waals surface area contributed by atoms with Gasteiger partial charge in [-0.25, -0.2) is 0 Å². The minimum Gasteiger partial charge on any atom is -0.508 e. The van der Waals surface area contributed by atoms with Crippen LogP contribution in [0.5, 0.6) is 5.75 Å². The third kappa shape index (κ3) is 4.26. The summed E-state index contributed by atoms with van der Waals surface area (Å²) in [4.78, 5) is 55.4. The van der Waals surface area contributed by atoms with Crippen LogP contribution >= 0.6 is 0 Å². The van der Waals surface area contributed by atoms with Crippen LogP contribution in [0.15, 0.2) is 23.0 Å². The molecule has 5 atom stereocenters. The molecule has 3 aliphatic carbocycles. The first-order valence-corrected chi connectivity index (χ1v) is 13.9. The molecule has 1 aromatic rings. The van der Waals surface area contributed by atoms with Gasteiger partial charge in [0, 0.05) is 43.4 Å². The lowest BCUT2D eigenvalue weighted by atomic mass is 9.57. The van der Waals surface area contributed by atoms with E-state index in [2.05, 4.69) is 10.6 Å². The summed E-state index contributed by atoms with van der Waals surface area (Å²) in [5.74, 6) is -7.23. The number of benzene rings is 1. The van der Waals surface area contributed by atoms with Crippen LogP contribution in [0, 0.1) is 11.8 Å². The van der Waals surface area contributed by atoms with Crippen LogP contribution < -0.4 is 21.3 Å². The van der Waals surface area contributed by atoms with Gasteiger partial charge in [0.2, 0.25) is 11.7 Å². The Morgan fingerprint density at radius 2 is 1.86 bits per heavy atom. The summed E-state index contributed by atoms with van der Waals surface area (Å²) in [7, 11) is 6.68. The van der Waals surface area contributed by atoms with Crippen LogP contribution in [0.2, 0.25) is 0 Å². The van der Waals surface area contributed by atoms with Crippen molar-refractivity contribution in [3.63, 3.8) is 0 Å². The van der Waals surface area contributed by atoms with Crippen molar-refractivity contribution in [2.45, 2.75) is 49.9 Å². The number of phenols is 1. The number of nitrogens with zero attached hydrogens (tertiary/aromatic N) is 2. The number of nitrogens with two attached hydrogens (primary N) is 1. The SMILES string of the molecule is CN(C)c1cc(CNC(=O)C2CCCN2)c(O)c2c1C[C@H]1C[C@H]3C(N(C)C)C(=O)C(C(N)=O)=C(O)[C@@]3(O)C(=O)C1=C2O. The number of hydrogen-bond acceptors (Lipinski definition) is 11. The lowest BCUT2D eigenvalue weighted by Crippen LogP contribution is -2.65. The monoisotopic (exact) mass is 583 g/mol. The van der Waals surface area contributed by atoms with Crippen molar-refractivity contribution < 1.29 is 39.6 Å². The number of carbonyl (C=O) groups is 4. The number of amides is 2. The molecule has 226 valence electrons. The molecule has 0 radical (unpaired) electrons. The van der Waals surface area contributed by atoms with Gasteiger partial charge in [-0.3, -0.25) is 24.1 Å². The first-order valence-electron chi connectivity index (χ1n) is 13.9. The zero-order valence-electron chi connectivity index (χ0n) is 24.0. The molecule has 8 N–H and O–H groups in total. The number of aliphatic hydroxyl groups is 3. The molecular formula is C29H37N5O8. The van der Waals surface area contributed by atoms with E-state index < -0.39 is 58.0 Å². The minimum atomic E-state index is -2.70. The highest BCUT2D eigenvalue weighted by atomic mass is 16.3. The number of hydrogen-bond donors (Lipinski definition) is 7. The van der Waals surface area contributed by atoms with E-state index in [1.165, 1.54) is 4.90 Å². The van der Waals surface area contributed by atoms with Gasteiger partial charge in [-0.2, -0.15) is 0 Å². The second-order valence-corrected chi connectivity index (χ2v) is 12.0. The normalized spacial score (nSPS) is 28.9. The Hall–Kier alpha value is -3.94. The predicted octanol–water partition coefficient (Wildman–Crippen LogP) is -0.602. The van der Waals surface area contributed by atoms with Crippen LogP contribution in [-0.2, 0) is 32.1 Å². The van der Waals surface area contributed by atoms with Crippen molar-refractivity contribution in [1.82, 2.24) is 15.5 Å². The largest absolute Gasteiger partial charge is 0.508 e. The number of aliphatic hydroxyl groups excluding tert-OH is 2. The molecule has 13 nitrogen and oxygen atoms in total. The minimum absolute atomic E-state index is 0.00555. The maximum absolute atomic E-state index is 14.1.